The van der Waals surface area contributed by atoms with Crippen LogP contribution in [0.15, 0.2) is 0 Å². The van der Waals surface area contributed by atoms with Gasteiger partial charge in [0.25, 0.3) is 0 Å². The summed E-state index contributed by atoms with van der Waals surface area (Å²) in [5.74, 6) is 2.34. The van der Waals surface area contributed by atoms with Crippen molar-refractivity contribution in [1.82, 2.24) is 5.32 Å². The second kappa shape index (κ2) is 4.89. The molecule has 1 aliphatic heterocycles. The van der Waals surface area contributed by atoms with Gasteiger partial charge in [0.1, 0.15) is 0 Å². The van der Waals surface area contributed by atoms with Gasteiger partial charge in [0.15, 0.2) is 0 Å². The fourth-order valence-electron chi connectivity index (χ4n) is 2.68. The molecule has 14 heavy (non-hydrogen) atoms. The summed E-state index contributed by atoms with van der Waals surface area (Å²) in [6.07, 6.45) is 7.08. The molecule has 0 radical (unpaired) electrons. The minimum atomic E-state index is 0.804. The zero-order valence-electron chi connectivity index (χ0n) is 9.46. The predicted octanol–water partition coefficient (Wildman–Crippen LogP) is 3.05. The number of nitrogens with one attached hydrogen (secondary N) is 1. The Balaban J connectivity index is 1.74. The van der Waals surface area contributed by atoms with Gasteiger partial charge in [0, 0.05) is 17.3 Å². The third kappa shape index (κ3) is 2.66. The lowest BCUT2D eigenvalue weighted by Crippen LogP contribution is -2.42. The van der Waals surface area contributed by atoms with Gasteiger partial charge in [0.05, 0.1) is 0 Å². The van der Waals surface area contributed by atoms with Crippen LogP contribution >= 0.6 is 11.8 Å². The number of thioether (sulfide) groups is 1. The molecule has 1 N–H and O–H groups in total. The molecule has 0 amide bonds. The van der Waals surface area contributed by atoms with Gasteiger partial charge >= 0.3 is 0 Å². The summed E-state index contributed by atoms with van der Waals surface area (Å²) in [7, 11) is 0. The molecular formula is C12H23NS. The van der Waals surface area contributed by atoms with E-state index < -0.39 is 0 Å². The van der Waals surface area contributed by atoms with E-state index in [0.717, 1.165) is 23.3 Å². The van der Waals surface area contributed by atoms with E-state index in [1.165, 1.54) is 37.9 Å². The molecule has 1 aliphatic carbocycles. The van der Waals surface area contributed by atoms with Crippen LogP contribution in [-0.2, 0) is 0 Å². The molecule has 1 nitrogen and oxygen atoms in total. The van der Waals surface area contributed by atoms with Crippen molar-refractivity contribution in [2.24, 2.45) is 5.92 Å². The third-order valence-corrected chi connectivity index (χ3v) is 5.17. The zero-order chi connectivity index (χ0) is 9.97. The second-order valence-electron chi connectivity index (χ2n) is 5.09. The first-order chi connectivity index (χ1) is 6.75. The van der Waals surface area contributed by atoms with Crippen LogP contribution in [0, 0.1) is 5.92 Å². The van der Waals surface area contributed by atoms with Crippen molar-refractivity contribution in [2.45, 2.75) is 63.3 Å². The molecule has 0 spiro atoms. The molecule has 1 saturated heterocycles. The Morgan fingerprint density at radius 2 is 1.71 bits per heavy atom. The molecule has 2 atom stereocenters. The van der Waals surface area contributed by atoms with Gasteiger partial charge in [-0.15, -0.1) is 0 Å². The average molecular weight is 213 g/mol. The van der Waals surface area contributed by atoms with Crippen molar-refractivity contribution in [2.75, 3.05) is 5.75 Å². The highest BCUT2D eigenvalue weighted by Crippen LogP contribution is 2.29. The van der Waals surface area contributed by atoms with Gasteiger partial charge in [-0.1, -0.05) is 13.8 Å². The number of hydrogen-bond acceptors (Lipinski definition) is 2. The Morgan fingerprint density at radius 3 is 2.29 bits per heavy atom. The monoisotopic (exact) mass is 213 g/mol. The highest BCUT2D eigenvalue weighted by molar-refractivity contribution is 8.00. The molecule has 82 valence electrons. The van der Waals surface area contributed by atoms with Gasteiger partial charge < -0.3 is 5.32 Å². The van der Waals surface area contributed by atoms with E-state index in [1.807, 2.05) is 0 Å². The molecular weight excluding hydrogens is 190 g/mol. The summed E-state index contributed by atoms with van der Waals surface area (Å²) in [4.78, 5) is 0. The Morgan fingerprint density at radius 1 is 1.00 bits per heavy atom. The van der Waals surface area contributed by atoms with Crippen LogP contribution in [0.3, 0.4) is 0 Å². The van der Waals surface area contributed by atoms with E-state index in [-0.39, 0.29) is 0 Å². The van der Waals surface area contributed by atoms with E-state index >= 15 is 0 Å². The largest absolute Gasteiger partial charge is 0.310 e. The van der Waals surface area contributed by atoms with E-state index in [1.54, 1.807) is 0 Å². The first kappa shape index (κ1) is 10.8. The summed E-state index contributed by atoms with van der Waals surface area (Å²) in [6.45, 7) is 4.77. The zero-order valence-corrected chi connectivity index (χ0v) is 10.3. The molecule has 0 aromatic carbocycles. The molecule has 2 heteroatoms. The fraction of sp³-hybridized carbons (Fsp3) is 1.00. The van der Waals surface area contributed by atoms with Gasteiger partial charge in [0.2, 0.25) is 0 Å². The third-order valence-electron chi connectivity index (χ3n) is 3.84. The summed E-state index contributed by atoms with van der Waals surface area (Å²) < 4.78 is 0. The van der Waals surface area contributed by atoms with Crippen molar-refractivity contribution in [3.8, 4) is 0 Å². The second-order valence-corrected chi connectivity index (χ2v) is 6.58. The molecule has 0 aromatic heterocycles. The standard InChI is InChI=1S/C12H23NS/c1-9-3-5-11(6-4-9)13-12-7-8-14-10(12)2/h9-13H,3-8H2,1-2H3. The minimum Gasteiger partial charge on any atom is -0.310 e. The summed E-state index contributed by atoms with van der Waals surface area (Å²) >= 11 is 2.13. The van der Waals surface area contributed by atoms with E-state index in [4.69, 9.17) is 0 Å². The molecule has 1 saturated carbocycles. The summed E-state index contributed by atoms with van der Waals surface area (Å²) in [5, 5.41) is 4.71. The normalized spacial score (nSPS) is 44.1. The van der Waals surface area contributed by atoms with Crippen LogP contribution in [0.2, 0.25) is 0 Å². The molecule has 0 bridgehead atoms. The average Bonchev–Trinajstić information content (AvgIpc) is 2.56. The SMILES string of the molecule is CC1CCC(NC2CCSC2C)CC1. The lowest BCUT2D eigenvalue weighted by atomic mass is 9.87. The molecule has 2 fully saturated rings. The van der Waals surface area contributed by atoms with E-state index in [0.29, 0.717) is 0 Å². The molecule has 2 rings (SSSR count). The Kier molecular flexibility index (Phi) is 3.78. The van der Waals surface area contributed by atoms with Gasteiger partial charge in [-0.3, -0.25) is 0 Å². The van der Waals surface area contributed by atoms with Crippen molar-refractivity contribution >= 4 is 11.8 Å². The summed E-state index contributed by atoms with van der Waals surface area (Å²) in [6, 6.07) is 1.63. The maximum Gasteiger partial charge on any atom is 0.0194 e. The number of hydrogen-bond donors (Lipinski definition) is 1. The Hall–Kier alpha value is 0.310. The maximum absolute atomic E-state index is 3.87. The van der Waals surface area contributed by atoms with Crippen molar-refractivity contribution < 1.29 is 0 Å². The quantitative estimate of drug-likeness (QED) is 0.756. The predicted molar refractivity (Wildman–Crippen MR) is 64.9 cm³/mol. The highest BCUT2D eigenvalue weighted by Gasteiger charge is 2.27. The lowest BCUT2D eigenvalue weighted by molar-refractivity contribution is 0.285. The van der Waals surface area contributed by atoms with Crippen molar-refractivity contribution in [3.63, 3.8) is 0 Å². The lowest BCUT2D eigenvalue weighted by Gasteiger charge is -2.30. The summed E-state index contributed by atoms with van der Waals surface area (Å²) in [5.41, 5.74) is 0. The van der Waals surface area contributed by atoms with E-state index in [9.17, 15) is 0 Å². The van der Waals surface area contributed by atoms with Crippen molar-refractivity contribution in [1.29, 1.82) is 0 Å². The minimum absolute atomic E-state index is 0.804. The molecule has 1 heterocycles. The fourth-order valence-corrected chi connectivity index (χ4v) is 3.89. The van der Waals surface area contributed by atoms with Gasteiger partial charge in [-0.25, -0.2) is 0 Å². The van der Waals surface area contributed by atoms with Crippen LogP contribution in [0.25, 0.3) is 0 Å². The van der Waals surface area contributed by atoms with Crippen LogP contribution < -0.4 is 5.32 Å². The highest BCUT2D eigenvalue weighted by atomic mass is 32.2. The molecule has 2 aliphatic rings. The maximum atomic E-state index is 3.87. The van der Waals surface area contributed by atoms with E-state index in [2.05, 4.69) is 30.9 Å². The first-order valence-corrected chi connectivity index (χ1v) is 7.18. The smallest absolute Gasteiger partial charge is 0.0194 e. The van der Waals surface area contributed by atoms with Crippen LogP contribution in [0.4, 0.5) is 0 Å². The van der Waals surface area contributed by atoms with Gasteiger partial charge in [-0.05, 0) is 43.8 Å². The van der Waals surface area contributed by atoms with Gasteiger partial charge in [-0.2, -0.15) is 11.8 Å². The first-order valence-electron chi connectivity index (χ1n) is 6.13. The molecule has 0 aromatic rings. The topological polar surface area (TPSA) is 12.0 Å². The number of rotatable bonds is 2. The van der Waals surface area contributed by atoms with Crippen LogP contribution in [-0.4, -0.2) is 23.1 Å². The Labute approximate surface area is 92.4 Å². The Bertz CT molecular complexity index is 175. The van der Waals surface area contributed by atoms with Crippen LogP contribution in [0.5, 0.6) is 0 Å². The van der Waals surface area contributed by atoms with Crippen molar-refractivity contribution in [3.05, 3.63) is 0 Å². The molecule has 2 unspecified atom stereocenters. The van der Waals surface area contributed by atoms with Crippen LogP contribution in [0.1, 0.15) is 46.0 Å².